The zero-order valence-corrected chi connectivity index (χ0v) is 18.9. The van der Waals surface area contributed by atoms with Crippen LogP contribution in [0.3, 0.4) is 0 Å². The van der Waals surface area contributed by atoms with Gasteiger partial charge >= 0.3 is 12.0 Å². The number of nitrogens with one attached hydrogen (secondary N) is 2. The normalized spacial score (nSPS) is 15.6. The Morgan fingerprint density at radius 2 is 1.61 bits per heavy atom. The minimum Gasteiger partial charge on any atom is -0.454 e. The van der Waals surface area contributed by atoms with Gasteiger partial charge < -0.3 is 15.4 Å². The van der Waals surface area contributed by atoms with Gasteiger partial charge in [-0.2, -0.15) is 0 Å². The van der Waals surface area contributed by atoms with Crippen molar-refractivity contribution in [1.29, 1.82) is 0 Å². The number of amides is 4. The van der Waals surface area contributed by atoms with Gasteiger partial charge in [-0.1, -0.05) is 74.5 Å². The van der Waals surface area contributed by atoms with Crippen LogP contribution in [-0.2, 0) is 25.5 Å². The molecule has 0 radical (unpaired) electrons. The number of esters is 1. The van der Waals surface area contributed by atoms with E-state index < -0.39 is 42.5 Å². The van der Waals surface area contributed by atoms with Crippen molar-refractivity contribution in [2.75, 3.05) is 13.2 Å². The second-order valence-corrected chi connectivity index (χ2v) is 7.99. The van der Waals surface area contributed by atoms with Crippen LogP contribution in [0.25, 0.3) is 0 Å². The lowest BCUT2D eigenvalue weighted by atomic mass is 9.93. The number of hydrogen-bond acceptors (Lipinski definition) is 5. The summed E-state index contributed by atoms with van der Waals surface area (Å²) >= 11 is 0. The summed E-state index contributed by atoms with van der Waals surface area (Å²) in [6.07, 6.45) is 1.41. The van der Waals surface area contributed by atoms with Gasteiger partial charge in [0.15, 0.2) is 6.61 Å². The van der Waals surface area contributed by atoms with Crippen molar-refractivity contribution in [3.05, 3.63) is 71.8 Å². The Hall–Kier alpha value is -3.68. The van der Waals surface area contributed by atoms with E-state index in [0.29, 0.717) is 19.3 Å². The average Bonchev–Trinajstić information content (AvgIpc) is 3.08. The summed E-state index contributed by atoms with van der Waals surface area (Å²) in [5.74, 6) is -1.75. The largest absolute Gasteiger partial charge is 0.454 e. The number of urea groups is 1. The lowest BCUT2D eigenvalue weighted by Crippen LogP contribution is -2.46. The van der Waals surface area contributed by atoms with E-state index in [4.69, 9.17) is 4.74 Å². The molecule has 0 bridgehead atoms. The first-order valence-electron chi connectivity index (χ1n) is 11.1. The summed E-state index contributed by atoms with van der Waals surface area (Å²) in [6, 6.07) is 18.3. The second-order valence-electron chi connectivity index (χ2n) is 7.99. The van der Waals surface area contributed by atoms with E-state index in [-0.39, 0.29) is 6.04 Å². The summed E-state index contributed by atoms with van der Waals surface area (Å²) in [5, 5.41) is 5.56. The fraction of sp³-hybridized carbons (Fsp3) is 0.360. The van der Waals surface area contributed by atoms with Gasteiger partial charge in [0.25, 0.3) is 11.8 Å². The topological polar surface area (TPSA) is 105 Å². The molecule has 2 aromatic carbocycles. The van der Waals surface area contributed by atoms with E-state index in [1.54, 1.807) is 13.8 Å². The Bertz CT molecular complexity index is 990. The van der Waals surface area contributed by atoms with Crippen LogP contribution in [0.5, 0.6) is 0 Å². The van der Waals surface area contributed by atoms with Crippen LogP contribution in [-0.4, -0.2) is 47.4 Å². The van der Waals surface area contributed by atoms with Crippen LogP contribution in [0, 0.1) is 0 Å². The molecule has 0 aliphatic carbocycles. The Kier molecular flexibility index (Phi) is 7.82. The molecule has 1 aliphatic heterocycles. The predicted octanol–water partition coefficient (Wildman–Crippen LogP) is 2.74. The summed E-state index contributed by atoms with van der Waals surface area (Å²) in [6.45, 7) is 2.55. The zero-order chi connectivity index (χ0) is 23.8. The molecule has 33 heavy (non-hydrogen) atoms. The lowest BCUT2D eigenvalue weighted by Gasteiger charge is -2.23. The molecule has 0 saturated carbocycles. The maximum Gasteiger partial charge on any atom is 0.326 e. The molecule has 8 nitrogen and oxygen atoms in total. The van der Waals surface area contributed by atoms with Crippen molar-refractivity contribution in [3.8, 4) is 0 Å². The molecular weight excluding hydrogens is 422 g/mol. The molecule has 1 unspecified atom stereocenters. The third kappa shape index (κ3) is 5.77. The highest BCUT2D eigenvalue weighted by Crippen LogP contribution is 2.24. The molecule has 1 fully saturated rings. The molecule has 174 valence electrons. The van der Waals surface area contributed by atoms with E-state index in [2.05, 4.69) is 10.6 Å². The predicted molar refractivity (Wildman–Crippen MR) is 122 cm³/mol. The molecule has 2 N–H and O–H groups in total. The Morgan fingerprint density at radius 1 is 1.00 bits per heavy atom. The molecule has 1 saturated heterocycles. The Balaban J connectivity index is 1.57. The summed E-state index contributed by atoms with van der Waals surface area (Å²) < 4.78 is 5.06. The number of nitrogens with zero attached hydrogens (tertiary/aromatic N) is 1. The highest BCUT2D eigenvalue weighted by Gasteiger charge is 2.49. The van der Waals surface area contributed by atoms with E-state index in [1.165, 1.54) is 0 Å². The van der Waals surface area contributed by atoms with Crippen LogP contribution in [0.15, 0.2) is 60.7 Å². The molecule has 1 heterocycles. The van der Waals surface area contributed by atoms with Crippen molar-refractivity contribution >= 4 is 23.8 Å². The van der Waals surface area contributed by atoms with E-state index in [1.807, 2.05) is 60.7 Å². The number of hydrogen-bond donors (Lipinski definition) is 2. The molecule has 1 aliphatic rings. The van der Waals surface area contributed by atoms with Crippen molar-refractivity contribution in [3.63, 3.8) is 0 Å². The van der Waals surface area contributed by atoms with Crippen LogP contribution in [0.4, 0.5) is 4.79 Å². The van der Waals surface area contributed by atoms with Gasteiger partial charge in [0.2, 0.25) is 0 Å². The molecule has 0 aromatic heterocycles. The number of ether oxygens (including phenoxy) is 1. The van der Waals surface area contributed by atoms with Gasteiger partial charge in [0.05, 0.1) is 6.04 Å². The number of imide groups is 1. The molecule has 8 heteroatoms. The highest BCUT2D eigenvalue weighted by molar-refractivity contribution is 6.08. The molecule has 1 atom stereocenters. The minimum atomic E-state index is -0.991. The van der Waals surface area contributed by atoms with Crippen LogP contribution in [0.2, 0.25) is 0 Å². The van der Waals surface area contributed by atoms with Crippen LogP contribution >= 0.6 is 0 Å². The van der Waals surface area contributed by atoms with Gasteiger partial charge in [-0.25, -0.2) is 4.79 Å². The average molecular weight is 452 g/mol. The van der Waals surface area contributed by atoms with E-state index in [9.17, 15) is 19.2 Å². The van der Waals surface area contributed by atoms with Crippen LogP contribution in [0.1, 0.15) is 43.9 Å². The third-order valence-electron chi connectivity index (χ3n) is 5.92. The zero-order valence-electron chi connectivity index (χ0n) is 18.9. The molecule has 3 rings (SSSR count). The fourth-order valence-corrected chi connectivity index (χ4v) is 3.89. The number of carbonyl (C=O) groups excluding carboxylic acids is 4. The van der Waals surface area contributed by atoms with E-state index in [0.717, 1.165) is 16.0 Å². The lowest BCUT2D eigenvalue weighted by molar-refractivity contribution is -0.151. The number of benzene rings is 2. The van der Waals surface area contributed by atoms with Gasteiger partial charge in [-0.3, -0.25) is 19.3 Å². The summed E-state index contributed by atoms with van der Waals surface area (Å²) in [7, 11) is 0. The Morgan fingerprint density at radius 3 is 2.18 bits per heavy atom. The highest BCUT2D eigenvalue weighted by atomic mass is 16.5. The van der Waals surface area contributed by atoms with Gasteiger partial charge in [0.1, 0.15) is 12.1 Å². The van der Waals surface area contributed by atoms with Gasteiger partial charge in [0, 0.05) is 0 Å². The van der Waals surface area contributed by atoms with Crippen molar-refractivity contribution in [1.82, 2.24) is 15.5 Å². The molecule has 4 amide bonds. The maximum absolute atomic E-state index is 12.6. The van der Waals surface area contributed by atoms with Crippen LogP contribution < -0.4 is 10.6 Å². The van der Waals surface area contributed by atoms with Gasteiger partial charge in [-0.05, 0) is 30.4 Å². The quantitative estimate of drug-likeness (QED) is 0.427. The third-order valence-corrected chi connectivity index (χ3v) is 5.92. The Labute approximate surface area is 193 Å². The van der Waals surface area contributed by atoms with Crippen molar-refractivity contribution in [2.24, 2.45) is 0 Å². The van der Waals surface area contributed by atoms with Gasteiger partial charge in [-0.15, -0.1) is 0 Å². The minimum absolute atomic E-state index is 0.305. The van der Waals surface area contributed by atoms with Crippen molar-refractivity contribution < 1.29 is 23.9 Å². The molecular formula is C25H29N3O5. The standard InChI is InChI=1S/C25H29N3O5/c1-3-25(4-2)23(31)28(24(32)27-25)16-22(30)33-17-21(29)26-20(19-13-9-6-10-14-19)15-18-11-7-5-8-12-18/h5-14,20H,3-4,15-17H2,1-2H3,(H,26,29)(H,27,32). The summed E-state index contributed by atoms with van der Waals surface area (Å²) in [4.78, 5) is 50.4. The SMILES string of the molecule is CCC1(CC)NC(=O)N(CC(=O)OCC(=O)NC(Cc2ccccc2)c2ccccc2)C1=O. The van der Waals surface area contributed by atoms with Crippen molar-refractivity contribution in [2.45, 2.75) is 44.7 Å². The second kappa shape index (κ2) is 10.8. The first-order valence-corrected chi connectivity index (χ1v) is 11.1. The number of rotatable bonds is 10. The molecule has 2 aromatic rings. The first kappa shape index (κ1) is 24.0. The summed E-state index contributed by atoms with van der Waals surface area (Å²) in [5.41, 5.74) is 0.989. The monoisotopic (exact) mass is 451 g/mol. The fourth-order valence-electron chi connectivity index (χ4n) is 3.89. The maximum atomic E-state index is 12.6. The van der Waals surface area contributed by atoms with E-state index >= 15 is 0 Å². The smallest absolute Gasteiger partial charge is 0.326 e. The first-order chi connectivity index (χ1) is 15.9. The molecule has 0 spiro atoms. The number of carbonyl (C=O) groups is 4.